The Kier molecular flexibility index (Phi) is 8.44. The zero-order chi connectivity index (χ0) is 19.6. The summed E-state index contributed by atoms with van der Waals surface area (Å²) in [6, 6.07) is 5.96. The van der Waals surface area contributed by atoms with Gasteiger partial charge in [0.05, 0.1) is 13.2 Å². The summed E-state index contributed by atoms with van der Waals surface area (Å²) < 4.78 is 33.6. The second-order valence-corrected chi connectivity index (χ2v) is 6.36. The van der Waals surface area contributed by atoms with Crippen molar-refractivity contribution in [1.29, 1.82) is 0 Å². The van der Waals surface area contributed by atoms with E-state index in [1.165, 1.54) is 12.1 Å². The topological polar surface area (TPSA) is 67.9 Å². The molecule has 1 aliphatic rings. The molecule has 0 spiro atoms. The SMILES string of the molecule is CCOC(=O)[C@H]1CCCCN1CC(=O)NCCc1ccc(OC(F)F)cc1. The molecule has 0 unspecified atom stereocenters. The first-order chi connectivity index (χ1) is 13.0. The Morgan fingerprint density at radius 1 is 1.26 bits per heavy atom. The third kappa shape index (κ3) is 7.13. The minimum Gasteiger partial charge on any atom is -0.465 e. The number of ether oxygens (including phenoxy) is 2. The van der Waals surface area contributed by atoms with Gasteiger partial charge in [-0.1, -0.05) is 18.6 Å². The fourth-order valence-corrected chi connectivity index (χ4v) is 3.11. The fourth-order valence-electron chi connectivity index (χ4n) is 3.11. The molecule has 150 valence electrons. The number of halogens is 2. The van der Waals surface area contributed by atoms with Gasteiger partial charge in [-0.3, -0.25) is 14.5 Å². The van der Waals surface area contributed by atoms with E-state index in [9.17, 15) is 18.4 Å². The molecule has 8 heteroatoms. The maximum atomic E-state index is 12.2. The van der Waals surface area contributed by atoms with Crippen LogP contribution in [0.25, 0.3) is 0 Å². The number of benzene rings is 1. The van der Waals surface area contributed by atoms with Gasteiger partial charge in [0, 0.05) is 6.54 Å². The molecule has 1 fully saturated rings. The van der Waals surface area contributed by atoms with Crippen molar-refractivity contribution in [2.45, 2.75) is 45.3 Å². The highest BCUT2D eigenvalue weighted by Crippen LogP contribution is 2.18. The molecule has 1 amide bonds. The lowest BCUT2D eigenvalue weighted by Gasteiger charge is -2.33. The van der Waals surface area contributed by atoms with Crippen LogP contribution < -0.4 is 10.1 Å². The van der Waals surface area contributed by atoms with Gasteiger partial charge in [-0.25, -0.2) is 0 Å². The van der Waals surface area contributed by atoms with Crippen molar-refractivity contribution >= 4 is 11.9 Å². The predicted molar refractivity (Wildman–Crippen MR) is 95.6 cm³/mol. The number of nitrogens with zero attached hydrogens (tertiary/aromatic N) is 1. The fraction of sp³-hybridized carbons (Fsp3) is 0.579. The van der Waals surface area contributed by atoms with Crippen LogP contribution in [0, 0.1) is 0 Å². The summed E-state index contributed by atoms with van der Waals surface area (Å²) >= 11 is 0. The van der Waals surface area contributed by atoms with E-state index < -0.39 is 6.61 Å². The monoisotopic (exact) mass is 384 g/mol. The van der Waals surface area contributed by atoms with E-state index in [0.29, 0.717) is 32.5 Å². The Hall–Kier alpha value is -2.22. The lowest BCUT2D eigenvalue weighted by molar-refractivity contribution is -0.151. The number of hydrogen-bond donors (Lipinski definition) is 1. The smallest absolute Gasteiger partial charge is 0.387 e. The second kappa shape index (κ2) is 10.8. The number of amides is 1. The number of hydrogen-bond acceptors (Lipinski definition) is 5. The molecule has 0 aliphatic carbocycles. The molecule has 27 heavy (non-hydrogen) atoms. The zero-order valence-corrected chi connectivity index (χ0v) is 15.5. The van der Waals surface area contributed by atoms with E-state index in [0.717, 1.165) is 18.4 Å². The number of rotatable bonds is 9. The van der Waals surface area contributed by atoms with Crippen LogP contribution in [0.1, 0.15) is 31.7 Å². The van der Waals surface area contributed by atoms with E-state index in [1.54, 1.807) is 19.1 Å². The Bertz CT molecular complexity index is 610. The number of esters is 1. The van der Waals surface area contributed by atoms with Crippen LogP contribution in [0.4, 0.5) is 8.78 Å². The van der Waals surface area contributed by atoms with Crippen molar-refractivity contribution in [1.82, 2.24) is 10.2 Å². The average molecular weight is 384 g/mol. The Morgan fingerprint density at radius 2 is 2.00 bits per heavy atom. The number of piperidine rings is 1. The van der Waals surface area contributed by atoms with E-state index in [1.807, 2.05) is 4.90 Å². The molecule has 1 aromatic carbocycles. The average Bonchev–Trinajstić information content (AvgIpc) is 2.63. The molecule has 1 aromatic rings. The highest BCUT2D eigenvalue weighted by Gasteiger charge is 2.30. The highest BCUT2D eigenvalue weighted by atomic mass is 19.3. The maximum Gasteiger partial charge on any atom is 0.387 e. The standard InChI is InChI=1S/C19H26F2N2O4/c1-2-26-18(25)16-5-3-4-12-23(16)13-17(24)22-11-10-14-6-8-15(9-7-14)27-19(20)21/h6-9,16,19H,2-5,10-13H2,1H3,(H,22,24)/t16-/m1/s1. The lowest BCUT2D eigenvalue weighted by Crippen LogP contribution is -2.49. The second-order valence-electron chi connectivity index (χ2n) is 6.36. The normalized spacial score (nSPS) is 17.6. The molecule has 1 N–H and O–H groups in total. The van der Waals surface area contributed by atoms with E-state index in [4.69, 9.17) is 4.74 Å². The molecule has 0 bridgehead atoms. The first kappa shape index (κ1) is 21.1. The Balaban J connectivity index is 1.75. The van der Waals surface area contributed by atoms with Crippen molar-refractivity contribution in [3.05, 3.63) is 29.8 Å². The van der Waals surface area contributed by atoms with E-state index in [-0.39, 0.29) is 30.2 Å². The highest BCUT2D eigenvalue weighted by molar-refractivity contribution is 5.80. The van der Waals surface area contributed by atoms with Crippen LogP contribution in [0.2, 0.25) is 0 Å². The number of nitrogens with one attached hydrogen (secondary N) is 1. The van der Waals surface area contributed by atoms with Gasteiger partial charge in [0.1, 0.15) is 11.8 Å². The van der Waals surface area contributed by atoms with Crippen LogP contribution in [0.3, 0.4) is 0 Å². The minimum absolute atomic E-state index is 0.105. The first-order valence-corrected chi connectivity index (χ1v) is 9.20. The van der Waals surface area contributed by atoms with Crippen LogP contribution in [-0.4, -0.2) is 55.7 Å². The Labute approximate surface area is 157 Å². The van der Waals surface area contributed by atoms with Gasteiger partial charge in [-0.05, 0) is 50.4 Å². The summed E-state index contributed by atoms with van der Waals surface area (Å²) in [7, 11) is 0. The maximum absolute atomic E-state index is 12.2. The van der Waals surface area contributed by atoms with Crippen molar-refractivity contribution in [3.63, 3.8) is 0 Å². The van der Waals surface area contributed by atoms with Crippen molar-refractivity contribution in [3.8, 4) is 5.75 Å². The Morgan fingerprint density at radius 3 is 2.67 bits per heavy atom. The van der Waals surface area contributed by atoms with Crippen molar-refractivity contribution in [2.75, 3.05) is 26.2 Å². The lowest BCUT2D eigenvalue weighted by atomic mass is 10.0. The summed E-state index contributed by atoms with van der Waals surface area (Å²) in [5.41, 5.74) is 0.902. The van der Waals surface area contributed by atoms with Gasteiger partial charge in [0.2, 0.25) is 5.91 Å². The van der Waals surface area contributed by atoms with E-state index in [2.05, 4.69) is 10.1 Å². The first-order valence-electron chi connectivity index (χ1n) is 9.20. The number of carbonyl (C=O) groups is 2. The quantitative estimate of drug-likeness (QED) is 0.662. The molecule has 1 saturated heterocycles. The predicted octanol–water partition coefficient (Wildman–Crippen LogP) is 2.36. The number of likely N-dealkylation sites (tertiary alicyclic amines) is 1. The van der Waals surface area contributed by atoms with Gasteiger partial charge in [-0.15, -0.1) is 0 Å². The third-order valence-corrected chi connectivity index (χ3v) is 4.40. The number of alkyl halides is 2. The van der Waals surface area contributed by atoms with Crippen molar-refractivity contribution in [2.24, 2.45) is 0 Å². The largest absolute Gasteiger partial charge is 0.465 e. The molecule has 2 rings (SSSR count). The third-order valence-electron chi connectivity index (χ3n) is 4.40. The minimum atomic E-state index is -2.84. The van der Waals surface area contributed by atoms with E-state index >= 15 is 0 Å². The van der Waals surface area contributed by atoms with Crippen LogP contribution in [-0.2, 0) is 20.7 Å². The molecule has 1 aliphatic heterocycles. The molecule has 0 radical (unpaired) electrons. The van der Waals surface area contributed by atoms with Crippen LogP contribution >= 0.6 is 0 Å². The van der Waals surface area contributed by atoms with Crippen LogP contribution in [0.5, 0.6) is 5.75 Å². The molecule has 1 atom stereocenters. The summed E-state index contributed by atoms with van der Waals surface area (Å²) in [4.78, 5) is 26.1. The zero-order valence-electron chi connectivity index (χ0n) is 15.5. The van der Waals surface area contributed by atoms with Gasteiger partial charge >= 0.3 is 12.6 Å². The van der Waals surface area contributed by atoms with Gasteiger partial charge < -0.3 is 14.8 Å². The molecular formula is C19H26F2N2O4. The van der Waals surface area contributed by atoms with Gasteiger partial charge in [0.25, 0.3) is 0 Å². The molecule has 1 heterocycles. The van der Waals surface area contributed by atoms with Gasteiger partial charge in [-0.2, -0.15) is 8.78 Å². The molecule has 6 nitrogen and oxygen atoms in total. The van der Waals surface area contributed by atoms with Gasteiger partial charge in [0.15, 0.2) is 0 Å². The molecular weight excluding hydrogens is 358 g/mol. The number of carbonyl (C=O) groups excluding carboxylic acids is 2. The summed E-state index contributed by atoms with van der Waals surface area (Å²) in [6.45, 7) is 0.530. The summed E-state index contributed by atoms with van der Waals surface area (Å²) in [5.74, 6) is -0.312. The van der Waals surface area contributed by atoms with Crippen molar-refractivity contribution < 1.29 is 27.8 Å². The summed E-state index contributed by atoms with van der Waals surface area (Å²) in [5, 5.41) is 2.83. The molecule has 0 aromatic heterocycles. The summed E-state index contributed by atoms with van der Waals surface area (Å²) in [6.07, 6.45) is 3.18. The van der Waals surface area contributed by atoms with Crippen LogP contribution in [0.15, 0.2) is 24.3 Å². The molecule has 0 saturated carbocycles.